The molecule has 0 unspecified atom stereocenters. The first-order valence-corrected chi connectivity index (χ1v) is 3.42. The van der Waals surface area contributed by atoms with Crippen LogP contribution in [0.15, 0.2) is 35.3 Å². The number of nitrogens with zero attached hydrogens (tertiary/aromatic N) is 2. The zero-order valence-corrected chi connectivity index (χ0v) is 6.07. The Morgan fingerprint density at radius 2 is 2.08 bits per heavy atom. The van der Waals surface area contributed by atoms with Crippen LogP contribution in [0.3, 0.4) is 0 Å². The number of hydrogen-bond donors (Lipinski definition) is 0. The van der Waals surface area contributed by atoms with E-state index in [1.165, 1.54) is 6.20 Å². The van der Waals surface area contributed by atoms with Gasteiger partial charge in [-0.2, -0.15) is 0 Å². The molecule has 0 saturated heterocycles. The summed E-state index contributed by atoms with van der Waals surface area (Å²) in [4.78, 5) is 10.9. The minimum atomic E-state index is -0.715. The lowest BCUT2D eigenvalue weighted by Crippen LogP contribution is -2.15. The molecule has 4 heteroatoms. The van der Waals surface area contributed by atoms with Crippen LogP contribution in [0.2, 0.25) is 0 Å². The van der Waals surface area contributed by atoms with Crippen molar-refractivity contribution < 1.29 is 4.48 Å². The summed E-state index contributed by atoms with van der Waals surface area (Å²) in [6, 6.07) is 6.73. The van der Waals surface area contributed by atoms with Crippen molar-refractivity contribution in [3.63, 3.8) is 0 Å². The van der Waals surface area contributed by atoms with Gasteiger partial charge in [0, 0.05) is 5.39 Å². The normalized spacial score (nSPS) is 10.4. The molecule has 0 bridgehead atoms. The second-order valence-electron chi connectivity index (χ2n) is 2.40. The lowest BCUT2D eigenvalue weighted by atomic mass is 10.2. The molecule has 0 N–H and O–H groups in total. The fraction of sp³-hybridized carbons (Fsp3) is 0. The van der Waals surface area contributed by atoms with Crippen molar-refractivity contribution in [2.75, 3.05) is 0 Å². The van der Waals surface area contributed by atoms with Gasteiger partial charge in [-0.05, 0) is 6.07 Å². The molecular weight excluding hydrogens is 159 g/mol. The molecule has 60 valence electrons. The third-order valence-electron chi connectivity index (χ3n) is 1.66. The largest absolute Gasteiger partial charge is 0.305 e. The highest BCUT2D eigenvalue weighted by Gasteiger charge is 2.00. The number of halogens is 1. The van der Waals surface area contributed by atoms with Crippen LogP contribution in [-0.4, -0.2) is 10.0 Å². The fourth-order valence-electron chi connectivity index (χ4n) is 1.07. The number of rotatable bonds is 0. The molecule has 0 radical (unpaired) electrons. The van der Waals surface area contributed by atoms with Crippen LogP contribution in [0.4, 0.5) is 4.48 Å². The molecule has 2 rings (SSSR count). The first kappa shape index (κ1) is 6.97. The van der Waals surface area contributed by atoms with E-state index in [0.717, 1.165) is 0 Å². The lowest BCUT2D eigenvalue weighted by Gasteiger charge is -1.94. The maximum atomic E-state index is 12.5. The highest BCUT2D eigenvalue weighted by atomic mass is 19.2. The van der Waals surface area contributed by atoms with Gasteiger partial charge in [0.25, 0.3) is 0 Å². The van der Waals surface area contributed by atoms with Gasteiger partial charge in [0.05, 0.1) is 11.6 Å². The summed E-state index contributed by atoms with van der Waals surface area (Å²) in [6.45, 7) is 0. The number of fused-ring (bicyclic) bond motifs is 1. The molecular formula is C8H5FN2O. The molecule has 12 heavy (non-hydrogen) atoms. The summed E-state index contributed by atoms with van der Waals surface area (Å²) in [5.41, 5.74) is -0.715. The van der Waals surface area contributed by atoms with E-state index in [1.807, 2.05) is 0 Å². The smallest absolute Gasteiger partial charge is 0.264 e. The van der Waals surface area contributed by atoms with Crippen molar-refractivity contribution in [2.24, 2.45) is 0 Å². The first-order chi connectivity index (χ1) is 5.79. The van der Waals surface area contributed by atoms with Crippen molar-refractivity contribution in [3.05, 3.63) is 40.8 Å². The van der Waals surface area contributed by atoms with Crippen LogP contribution < -0.4 is 5.56 Å². The Bertz CT molecular complexity index is 478. The van der Waals surface area contributed by atoms with E-state index in [1.54, 1.807) is 24.3 Å². The summed E-state index contributed by atoms with van der Waals surface area (Å²) in [5, 5.41) is 4.24. The number of benzene rings is 1. The molecule has 0 aliphatic rings. The Morgan fingerprint density at radius 1 is 1.33 bits per heavy atom. The Balaban J connectivity index is 3.01. The molecule has 1 aromatic carbocycles. The van der Waals surface area contributed by atoms with E-state index in [0.29, 0.717) is 10.8 Å². The van der Waals surface area contributed by atoms with Crippen LogP contribution in [-0.2, 0) is 0 Å². The second kappa shape index (κ2) is 2.41. The molecule has 3 nitrogen and oxygen atoms in total. The Hall–Kier alpha value is -1.71. The second-order valence-corrected chi connectivity index (χ2v) is 2.40. The van der Waals surface area contributed by atoms with Crippen LogP contribution in [0.1, 0.15) is 0 Å². The minimum Gasteiger partial charge on any atom is -0.264 e. The van der Waals surface area contributed by atoms with E-state index in [9.17, 15) is 9.28 Å². The highest BCUT2D eigenvalue weighted by Crippen LogP contribution is 2.05. The zero-order chi connectivity index (χ0) is 8.55. The van der Waals surface area contributed by atoms with Gasteiger partial charge in [-0.1, -0.05) is 27.6 Å². The van der Waals surface area contributed by atoms with Crippen LogP contribution in [0.25, 0.3) is 10.8 Å². The number of hydrogen-bond acceptors (Lipinski definition) is 2. The van der Waals surface area contributed by atoms with Gasteiger partial charge in [-0.15, -0.1) is 5.10 Å². The predicted molar refractivity (Wildman–Crippen MR) is 42.5 cm³/mol. The molecule has 0 saturated carbocycles. The van der Waals surface area contributed by atoms with Gasteiger partial charge in [0.2, 0.25) is 0 Å². The zero-order valence-electron chi connectivity index (χ0n) is 6.07. The van der Waals surface area contributed by atoms with Crippen LogP contribution >= 0.6 is 0 Å². The molecule has 0 amide bonds. The Labute approximate surface area is 67.0 Å². The molecule has 0 fully saturated rings. The number of aromatic nitrogens is 2. The lowest BCUT2D eigenvalue weighted by molar-refractivity contribution is 0.298. The standard InChI is InChI=1S/C8H5FN2O/c9-11-8(12)7-4-2-1-3-6(7)5-10-11/h1-5H. The summed E-state index contributed by atoms with van der Waals surface area (Å²) >= 11 is 0. The average Bonchev–Trinajstić information content (AvgIpc) is 2.12. The Morgan fingerprint density at radius 3 is 2.92 bits per heavy atom. The predicted octanol–water partition coefficient (Wildman–Crippen LogP) is 1.13. The molecule has 1 heterocycles. The van der Waals surface area contributed by atoms with Crippen LogP contribution in [0.5, 0.6) is 0 Å². The van der Waals surface area contributed by atoms with Gasteiger partial charge in [0.1, 0.15) is 0 Å². The van der Waals surface area contributed by atoms with Crippen molar-refractivity contribution in [3.8, 4) is 0 Å². The van der Waals surface area contributed by atoms with E-state index in [-0.39, 0.29) is 4.90 Å². The van der Waals surface area contributed by atoms with Crippen molar-refractivity contribution >= 4 is 10.8 Å². The van der Waals surface area contributed by atoms with E-state index < -0.39 is 5.56 Å². The van der Waals surface area contributed by atoms with Crippen molar-refractivity contribution in [2.45, 2.75) is 0 Å². The first-order valence-electron chi connectivity index (χ1n) is 3.42. The van der Waals surface area contributed by atoms with Gasteiger partial charge in [0.15, 0.2) is 0 Å². The third-order valence-corrected chi connectivity index (χ3v) is 1.66. The topological polar surface area (TPSA) is 34.9 Å². The van der Waals surface area contributed by atoms with E-state index >= 15 is 0 Å². The molecule has 0 aliphatic carbocycles. The molecule has 0 atom stereocenters. The monoisotopic (exact) mass is 164 g/mol. The summed E-state index contributed by atoms with van der Waals surface area (Å²) in [7, 11) is 0. The van der Waals surface area contributed by atoms with Gasteiger partial charge < -0.3 is 0 Å². The maximum absolute atomic E-state index is 12.5. The molecule has 1 aromatic heterocycles. The van der Waals surface area contributed by atoms with Crippen LogP contribution in [0, 0.1) is 0 Å². The quantitative estimate of drug-likeness (QED) is 0.585. The molecule has 2 aromatic rings. The fourth-order valence-corrected chi connectivity index (χ4v) is 1.07. The SMILES string of the molecule is O=c1c2ccccc2cnn1F. The van der Waals surface area contributed by atoms with E-state index in [4.69, 9.17) is 0 Å². The highest BCUT2D eigenvalue weighted by molar-refractivity contribution is 5.80. The molecule has 0 spiro atoms. The van der Waals surface area contributed by atoms with Crippen molar-refractivity contribution in [1.82, 2.24) is 10.0 Å². The summed E-state index contributed by atoms with van der Waals surface area (Å²) in [6.07, 6.45) is 1.32. The maximum Gasteiger partial charge on any atom is 0.305 e. The minimum absolute atomic E-state index is 0.164. The Kier molecular flexibility index (Phi) is 1.40. The summed E-state index contributed by atoms with van der Waals surface area (Å²) in [5.74, 6) is 0. The summed E-state index contributed by atoms with van der Waals surface area (Å²) < 4.78 is 12.5. The van der Waals surface area contributed by atoms with Gasteiger partial charge in [-0.3, -0.25) is 4.79 Å². The van der Waals surface area contributed by atoms with E-state index in [2.05, 4.69) is 5.10 Å². The van der Waals surface area contributed by atoms with Gasteiger partial charge >= 0.3 is 5.56 Å². The van der Waals surface area contributed by atoms with Gasteiger partial charge in [-0.25, -0.2) is 0 Å². The average molecular weight is 164 g/mol. The van der Waals surface area contributed by atoms with Crippen molar-refractivity contribution in [1.29, 1.82) is 0 Å². The third kappa shape index (κ3) is 0.887. The molecule has 0 aliphatic heterocycles.